The second kappa shape index (κ2) is 7.32. The molecule has 2 aromatic heterocycles. The Hall–Kier alpha value is -3.21. The molecule has 10 heteroatoms. The van der Waals surface area contributed by atoms with Crippen molar-refractivity contribution in [3.63, 3.8) is 0 Å². The summed E-state index contributed by atoms with van der Waals surface area (Å²) in [4.78, 5) is 9.32. The number of hydrogen-bond donors (Lipinski definition) is 3. The highest BCUT2D eigenvalue weighted by Gasteiger charge is 2.19. The Morgan fingerprint density at radius 3 is 2.52 bits per heavy atom. The average Bonchev–Trinajstić information content (AvgIpc) is 3.31. The van der Waals surface area contributed by atoms with Gasteiger partial charge in [-0.15, -0.1) is 11.3 Å². The van der Waals surface area contributed by atoms with Crippen molar-refractivity contribution in [1.82, 2.24) is 14.5 Å². The minimum atomic E-state index is -3.96. The first-order valence-electron chi connectivity index (χ1n) is 8.54. The highest BCUT2D eigenvalue weighted by atomic mass is 32.2. The first-order chi connectivity index (χ1) is 13.8. The number of nitrogens with two attached hydrogens (primary N) is 2. The van der Waals surface area contributed by atoms with E-state index in [0.717, 1.165) is 10.6 Å². The molecule has 0 bridgehead atoms. The van der Waals surface area contributed by atoms with Crippen molar-refractivity contribution >= 4 is 38.7 Å². The van der Waals surface area contributed by atoms with Gasteiger partial charge in [-0.2, -0.15) is 0 Å². The van der Waals surface area contributed by atoms with Crippen LogP contribution in [-0.2, 0) is 17.1 Å². The first kappa shape index (κ1) is 19.1. The summed E-state index contributed by atoms with van der Waals surface area (Å²) in [5.41, 5.74) is 8.36. The SMILES string of the molecule is Cn1ccnc1Nc1ccc(-c2cnc(-c3ccc(N)cc3)s2)c(S(N)(=O)=O)c1. The molecule has 0 aliphatic carbocycles. The Labute approximate surface area is 171 Å². The van der Waals surface area contributed by atoms with Gasteiger partial charge in [0.05, 0.1) is 9.77 Å². The smallest absolute Gasteiger partial charge is 0.238 e. The summed E-state index contributed by atoms with van der Waals surface area (Å²) in [6, 6.07) is 12.3. The molecule has 0 radical (unpaired) electrons. The van der Waals surface area contributed by atoms with Crippen molar-refractivity contribution in [2.75, 3.05) is 11.1 Å². The van der Waals surface area contributed by atoms with Gasteiger partial charge in [-0.05, 0) is 36.4 Å². The van der Waals surface area contributed by atoms with E-state index in [2.05, 4.69) is 15.3 Å². The Morgan fingerprint density at radius 2 is 1.86 bits per heavy atom. The van der Waals surface area contributed by atoms with Gasteiger partial charge in [0.15, 0.2) is 0 Å². The van der Waals surface area contributed by atoms with Crippen molar-refractivity contribution < 1.29 is 8.42 Å². The quantitative estimate of drug-likeness (QED) is 0.420. The van der Waals surface area contributed by atoms with Gasteiger partial charge in [0, 0.05) is 48.1 Å². The van der Waals surface area contributed by atoms with Crippen LogP contribution >= 0.6 is 11.3 Å². The largest absolute Gasteiger partial charge is 0.399 e. The van der Waals surface area contributed by atoms with Crippen molar-refractivity contribution in [3.05, 3.63) is 61.1 Å². The van der Waals surface area contributed by atoms with Crippen LogP contribution in [0.3, 0.4) is 0 Å². The second-order valence-electron chi connectivity index (χ2n) is 6.39. The molecule has 2 aromatic carbocycles. The number of anilines is 3. The molecule has 0 saturated carbocycles. The summed E-state index contributed by atoms with van der Waals surface area (Å²) < 4.78 is 26.3. The maximum Gasteiger partial charge on any atom is 0.238 e. The average molecular weight is 427 g/mol. The van der Waals surface area contributed by atoms with Gasteiger partial charge in [0.1, 0.15) is 5.01 Å². The topological polar surface area (TPSA) is 129 Å². The molecule has 0 amide bonds. The maximum absolute atomic E-state index is 12.3. The lowest BCUT2D eigenvalue weighted by atomic mass is 10.2. The van der Waals surface area contributed by atoms with Crippen LogP contribution in [0.1, 0.15) is 0 Å². The molecule has 29 heavy (non-hydrogen) atoms. The number of primary sulfonamides is 1. The van der Waals surface area contributed by atoms with Gasteiger partial charge < -0.3 is 15.6 Å². The highest BCUT2D eigenvalue weighted by molar-refractivity contribution is 7.89. The summed E-state index contributed by atoms with van der Waals surface area (Å²) >= 11 is 1.38. The lowest BCUT2D eigenvalue weighted by molar-refractivity contribution is 0.598. The van der Waals surface area contributed by atoms with Gasteiger partial charge >= 0.3 is 0 Å². The molecule has 0 saturated heterocycles. The molecule has 4 rings (SSSR count). The van der Waals surface area contributed by atoms with E-state index in [-0.39, 0.29) is 4.90 Å². The van der Waals surface area contributed by atoms with Crippen LogP contribution in [0.4, 0.5) is 17.3 Å². The number of nitrogens with zero attached hydrogens (tertiary/aromatic N) is 3. The van der Waals surface area contributed by atoms with Gasteiger partial charge in [0.2, 0.25) is 16.0 Å². The Bertz CT molecular complexity index is 1280. The summed E-state index contributed by atoms with van der Waals surface area (Å²) in [6.07, 6.45) is 5.08. The number of imidazole rings is 1. The Kier molecular flexibility index (Phi) is 4.82. The maximum atomic E-state index is 12.3. The number of benzene rings is 2. The van der Waals surface area contributed by atoms with Gasteiger partial charge in [0.25, 0.3) is 0 Å². The zero-order valence-corrected chi connectivity index (χ0v) is 17.0. The second-order valence-corrected chi connectivity index (χ2v) is 8.95. The number of rotatable bonds is 5. The van der Waals surface area contributed by atoms with Crippen LogP contribution in [0.2, 0.25) is 0 Å². The molecule has 0 unspecified atom stereocenters. The monoisotopic (exact) mass is 426 g/mol. The lowest BCUT2D eigenvalue weighted by Gasteiger charge is -2.10. The van der Waals surface area contributed by atoms with Gasteiger partial charge in [-0.3, -0.25) is 0 Å². The van der Waals surface area contributed by atoms with E-state index in [1.165, 1.54) is 17.4 Å². The normalized spacial score (nSPS) is 11.5. The molecule has 4 aromatic rings. The van der Waals surface area contributed by atoms with E-state index >= 15 is 0 Å². The number of hydrogen-bond acceptors (Lipinski definition) is 7. The number of aryl methyl sites for hydroxylation is 1. The van der Waals surface area contributed by atoms with Crippen molar-refractivity contribution in [1.29, 1.82) is 0 Å². The minimum absolute atomic E-state index is 0.0178. The molecule has 8 nitrogen and oxygen atoms in total. The van der Waals surface area contributed by atoms with Gasteiger partial charge in [-0.1, -0.05) is 6.07 Å². The molecule has 148 valence electrons. The molecule has 2 heterocycles. The predicted molar refractivity (Wildman–Crippen MR) is 115 cm³/mol. The van der Waals surface area contributed by atoms with Crippen LogP contribution in [-0.4, -0.2) is 23.0 Å². The molecule has 0 atom stereocenters. The summed E-state index contributed by atoms with van der Waals surface area (Å²) in [5.74, 6) is 0.585. The van der Waals surface area contributed by atoms with Crippen molar-refractivity contribution in [2.24, 2.45) is 12.2 Å². The molecule has 0 aliphatic rings. The van der Waals surface area contributed by atoms with Gasteiger partial charge in [-0.25, -0.2) is 23.5 Å². The minimum Gasteiger partial charge on any atom is -0.399 e. The number of nitrogens with one attached hydrogen (secondary N) is 1. The molecule has 5 N–H and O–H groups in total. The van der Waals surface area contributed by atoms with Crippen LogP contribution in [0.15, 0.2) is 66.0 Å². The zero-order chi connectivity index (χ0) is 20.6. The molecule has 0 spiro atoms. The number of nitrogen functional groups attached to an aromatic ring is 1. The Morgan fingerprint density at radius 1 is 1.10 bits per heavy atom. The van der Waals surface area contributed by atoms with Crippen LogP contribution in [0.5, 0.6) is 0 Å². The van der Waals surface area contributed by atoms with E-state index in [9.17, 15) is 8.42 Å². The third kappa shape index (κ3) is 3.99. The Balaban J connectivity index is 1.74. The van der Waals surface area contributed by atoms with Crippen LogP contribution in [0, 0.1) is 0 Å². The molecule has 0 fully saturated rings. The number of aromatic nitrogens is 3. The van der Waals surface area contributed by atoms with E-state index in [1.807, 2.05) is 19.2 Å². The summed E-state index contributed by atoms with van der Waals surface area (Å²) in [5, 5.41) is 9.34. The fourth-order valence-corrected chi connectivity index (χ4v) is 4.61. The summed E-state index contributed by atoms with van der Waals surface area (Å²) in [7, 11) is -2.13. The van der Waals surface area contributed by atoms with E-state index in [1.54, 1.807) is 47.4 Å². The first-order valence-corrected chi connectivity index (χ1v) is 10.9. The zero-order valence-electron chi connectivity index (χ0n) is 15.4. The highest BCUT2D eigenvalue weighted by Crippen LogP contribution is 2.36. The van der Waals surface area contributed by atoms with E-state index in [4.69, 9.17) is 10.9 Å². The third-order valence-electron chi connectivity index (χ3n) is 4.29. The summed E-state index contributed by atoms with van der Waals surface area (Å²) in [6.45, 7) is 0. The third-order valence-corrected chi connectivity index (χ3v) is 6.32. The van der Waals surface area contributed by atoms with Crippen molar-refractivity contribution in [2.45, 2.75) is 4.90 Å². The van der Waals surface area contributed by atoms with Crippen LogP contribution in [0.25, 0.3) is 21.0 Å². The van der Waals surface area contributed by atoms with E-state index < -0.39 is 10.0 Å². The van der Waals surface area contributed by atoms with E-state index in [0.29, 0.717) is 27.8 Å². The standard InChI is InChI=1S/C19H18N6O2S2/c1-25-9-8-22-19(25)24-14-6-7-15(17(10-14)29(21,26)27)16-11-23-18(28-16)12-2-4-13(20)5-3-12/h2-11H,20H2,1H3,(H,22,24)(H2,21,26,27). The number of sulfonamides is 1. The van der Waals surface area contributed by atoms with Crippen molar-refractivity contribution in [3.8, 4) is 21.0 Å². The predicted octanol–water partition coefficient (Wildman–Crippen LogP) is 3.18. The fourth-order valence-electron chi connectivity index (χ4n) is 2.81. The van der Waals surface area contributed by atoms with Crippen LogP contribution < -0.4 is 16.2 Å². The fraction of sp³-hybridized carbons (Fsp3) is 0.0526. The number of thiazole rings is 1. The lowest BCUT2D eigenvalue weighted by Crippen LogP contribution is -2.13. The molecular formula is C19H18N6O2S2. The molecular weight excluding hydrogens is 408 g/mol. The molecule has 0 aliphatic heterocycles.